The highest BCUT2D eigenvalue weighted by molar-refractivity contribution is 7.90. The molecule has 1 spiro atoms. The summed E-state index contributed by atoms with van der Waals surface area (Å²) in [4.78, 5) is 14.0. The first-order chi connectivity index (χ1) is 11.2. The highest BCUT2D eigenvalue weighted by Crippen LogP contribution is 2.44. The molecule has 8 heteroatoms. The minimum Gasteiger partial charge on any atom is -0.351 e. The number of hydrogen-bond donors (Lipinski definition) is 1. The lowest BCUT2D eigenvalue weighted by molar-refractivity contribution is -0.0172. The maximum atomic E-state index is 11.2. The number of fused-ring (bicyclic) bond motifs is 1. The normalized spacial score (nSPS) is 20.8. The number of rotatable bonds is 5. The van der Waals surface area contributed by atoms with Gasteiger partial charge in [-0.2, -0.15) is 0 Å². The van der Waals surface area contributed by atoms with Crippen LogP contribution in [-0.2, 0) is 9.84 Å². The highest BCUT2D eigenvalue weighted by Gasteiger charge is 2.52. The van der Waals surface area contributed by atoms with E-state index >= 15 is 0 Å². The van der Waals surface area contributed by atoms with E-state index in [0.717, 1.165) is 41.7 Å². The molecule has 1 N–H and O–H groups in total. The second kappa shape index (κ2) is 5.44. The van der Waals surface area contributed by atoms with Crippen LogP contribution < -0.4 is 4.90 Å². The van der Waals surface area contributed by atoms with Crippen LogP contribution in [0.4, 0.5) is 5.13 Å². The zero-order valence-corrected chi connectivity index (χ0v) is 16.0. The molecule has 2 aromatic rings. The van der Waals surface area contributed by atoms with E-state index in [0.29, 0.717) is 17.9 Å². The number of sulfone groups is 1. The minimum absolute atomic E-state index is 0.266. The summed E-state index contributed by atoms with van der Waals surface area (Å²) in [7, 11) is -2.86. The number of likely N-dealkylation sites (tertiary alicyclic amines) is 1. The molecule has 0 aromatic carbocycles. The predicted molar refractivity (Wildman–Crippen MR) is 98.9 cm³/mol. The second-order valence-electron chi connectivity index (χ2n) is 7.77. The lowest BCUT2D eigenvalue weighted by Gasteiger charge is -2.60. The Morgan fingerprint density at radius 1 is 1.33 bits per heavy atom. The van der Waals surface area contributed by atoms with Crippen molar-refractivity contribution in [3.05, 3.63) is 11.8 Å². The molecule has 0 bridgehead atoms. The lowest BCUT2D eigenvalue weighted by Crippen LogP contribution is -2.72. The fourth-order valence-corrected chi connectivity index (χ4v) is 5.39. The predicted octanol–water partition coefficient (Wildman–Crippen LogP) is 1.91. The van der Waals surface area contributed by atoms with Crippen molar-refractivity contribution in [2.75, 3.05) is 49.6 Å². The maximum absolute atomic E-state index is 11.2. The third-order valence-electron chi connectivity index (χ3n) is 5.09. The Morgan fingerprint density at radius 3 is 2.67 bits per heavy atom. The maximum Gasteiger partial charge on any atom is 0.187 e. The van der Waals surface area contributed by atoms with Gasteiger partial charge < -0.3 is 14.8 Å². The quantitative estimate of drug-likeness (QED) is 0.873. The zero-order chi connectivity index (χ0) is 17.1. The third kappa shape index (κ3) is 2.84. The first-order valence-electron chi connectivity index (χ1n) is 8.38. The number of aromatic nitrogens is 2. The Kier molecular flexibility index (Phi) is 3.71. The molecule has 4 heterocycles. The van der Waals surface area contributed by atoms with Crippen molar-refractivity contribution in [2.45, 2.75) is 19.8 Å². The Hall–Kier alpha value is -1.12. The van der Waals surface area contributed by atoms with Crippen molar-refractivity contribution in [3.8, 4) is 0 Å². The van der Waals surface area contributed by atoms with Gasteiger partial charge in [-0.3, -0.25) is 0 Å². The van der Waals surface area contributed by atoms with Gasteiger partial charge in [0.1, 0.15) is 20.2 Å². The van der Waals surface area contributed by atoms with Gasteiger partial charge in [0.05, 0.1) is 5.75 Å². The van der Waals surface area contributed by atoms with Crippen molar-refractivity contribution in [2.24, 2.45) is 5.41 Å². The van der Waals surface area contributed by atoms with E-state index in [1.165, 1.54) is 11.8 Å². The van der Waals surface area contributed by atoms with E-state index < -0.39 is 9.84 Å². The summed E-state index contributed by atoms with van der Waals surface area (Å²) in [6.45, 7) is 9.15. The summed E-state index contributed by atoms with van der Waals surface area (Å²) in [5.41, 5.74) is 2.77. The smallest absolute Gasteiger partial charge is 0.187 e. The molecule has 132 valence electrons. The summed E-state index contributed by atoms with van der Waals surface area (Å²) in [6.07, 6.45) is 3.38. The Balaban J connectivity index is 1.35. The van der Waals surface area contributed by atoms with Crippen LogP contribution in [0.25, 0.3) is 10.3 Å². The van der Waals surface area contributed by atoms with Gasteiger partial charge in [-0.05, 0) is 11.5 Å². The fourth-order valence-electron chi connectivity index (χ4n) is 3.84. The Labute approximate surface area is 146 Å². The molecular formula is C16H24N4O2S2. The number of anilines is 1. The van der Waals surface area contributed by atoms with Crippen molar-refractivity contribution in [1.29, 1.82) is 0 Å². The van der Waals surface area contributed by atoms with Crippen molar-refractivity contribution < 1.29 is 8.42 Å². The van der Waals surface area contributed by atoms with Gasteiger partial charge in [0.15, 0.2) is 5.13 Å². The van der Waals surface area contributed by atoms with Gasteiger partial charge in [-0.25, -0.2) is 13.4 Å². The van der Waals surface area contributed by atoms with Gasteiger partial charge in [-0.15, -0.1) is 0 Å². The SMILES string of the molecule is CC(C)c1c[nH]c2sc(N3CC4(CN(CCS(C)(=O)=O)C4)C3)nc12. The largest absolute Gasteiger partial charge is 0.351 e. The molecule has 0 unspecified atom stereocenters. The van der Waals surface area contributed by atoms with Crippen molar-refractivity contribution >= 4 is 36.7 Å². The number of nitrogens with zero attached hydrogens (tertiary/aromatic N) is 3. The van der Waals surface area contributed by atoms with Crippen molar-refractivity contribution in [3.63, 3.8) is 0 Å². The molecule has 0 radical (unpaired) electrons. The summed E-state index contributed by atoms with van der Waals surface area (Å²) in [5, 5.41) is 1.11. The van der Waals surface area contributed by atoms with Gasteiger partial charge in [0.2, 0.25) is 0 Å². The molecule has 0 amide bonds. The number of H-pyrrole nitrogens is 1. The van der Waals surface area contributed by atoms with Crippen LogP contribution >= 0.6 is 11.3 Å². The summed E-state index contributed by atoms with van der Waals surface area (Å²) in [5.74, 6) is 0.744. The number of hydrogen-bond acceptors (Lipinski definition) is 6. The van der Waals surface area contributed by atoms with E-state index in [1.807, 2.05) is 0 Å². The summed E-state index contributed by atoms with van der Waals surface area (Å²) in [6, 6.07) is 0. The van der Waals surface area contributed by atoms with Crippen LogP contribution in [0, 0.1) is 5.41 Å². The first-order valence-corrected chi connectivity index (χ1v) is 11.3. The summed E-state index contributed by atoms with van der Waals surface area (Å²) >= 11 is 1.74. The van der Waals surface area contributed by atoms with Crippen LogP contribution in [0.2, 0.25) is 0 Å². The number of thiazole rings is 1. The van der Waals surface area contributed by atoms with Gasteiger partial charge in [0, 0.05) is 50.6 Å². The molecule has 2 saturated heterocycles. The standard InChI is InChI=1S/C16H24N4O2S2/c1-11(2)12-6-17-14-13(12)18-15(23-14)20-9-16(10-20)7-19(8-16)4-5-24(3,21)22/h6,11,17H,4-5,7-10H2,1-3H3. The van der Waals surface area contributed by atoms with E-state index in [-0.39, 0.29) is 5.75 Å². The molecule has 0 atom stereocenters. The molecule has 2 aliphatic rings. The van der Waals surface area contributed by atoms with E-state index in [1.54, 1.807) is 11.3 Å². The third-order valence-corrected chi connectivity index (χ3v) is 7.06. The Bertz CT molecular complexity index is 854. The lowest BCUT2D eigenvalue weighted by atomic mass is 9.73. The highest BCUT2D eigenvalue weighted by atomic mass is 32.2. The zero-order valence-electron chi connectivity index (χ0n) is 14.4. The summed E-state index contributed by atoms with van der Waals surface area (Å²) < 4.78 is 22.5. The van der Waals surface area contributed by atoms with Crippen LogP contribution in [0.15, 0.2) is 6.20 Å². The van der Waals surface area contributed by atoms with E-state index in [2.05, 4.69) is 34.8 Å². The Morgan fingerprint density at radius 2 is 2.04 bits per heavy atom. The molecule has 2 aliphatic heterocycles. The first kappa shape index (κ1) is 16.4. The molecular weight excluding hydrogens is 344 g/mol. The molecule has 4 rings (SSSR count). The van der Waals surface area contributed by atoms with E-state index in [9.17, 15) is 8.42 Å². The van der Waals surface area contributed by atoms with Gasteiger partial charge in [0.25, 0.3) is 0 Å². The van der Waals surface area contributed by atoms with Gasteiger partial charge in [-0.1, -0.05) is 25.2 Å². The number of aromatic amines is 1. The molecule has 2 aromatic heterocycles. The monoisotopic (exact) mass is 368 g/mol. The molecule has 6 nitrogen and oxygen atoms in total. The van der Waals surface area contributed by atoms with Crippen LogP contribution in [0.3, 0.4) is 0 Å². The fraction of sp³-hybridized carbons (Fsp3) is 0.688. The van der Waals surface area contributed by atoms with Gasteiger partial charge >= 0.3 is 0 Å². The minimum atomic E-state index is -2.86. The topological polar surface area (TPSA) is 69.3 Å². The van der Waals surface area contributed by atoms with E-state index in [4.69, 9.17) is 4.98 Å². The van der Waals surface area contributed by atoms with Crippen LogP contribution in [0.5, 0.6) is 0 Å². The molecule has 0 aliphatic carbocycles. The average Bonchev–Trinajstić information content (AvgIpc) is 2.92. The molecule has 24 heavy (non-hydrogen) atoms. The second-order valence-corrected chi connectivity index (χ2v) is 11.0. The van der Waals surface area contributed by atoms with Crippen LogP contribution in [0.1, 0.15) is 25.3 Å². The number of nitrogens with one attached hydrogen (secondary N) is 1. The average molecular weight is 369 g/mol. The molecule has 2 fully saturated rings. The molecule has 0 saturated carbocycles. The van der Waals surface area contributed by atoms with Crippen molar-refractivity contribution in [1.82, 2.24) is 14.9 Å². The van der Waals surface area contributed by atoms with Crippen LogP contribution in [-0.4, -0.2) is 68.0 Å².